The molecular formula is C10H13IO3. The second-order valence-corrected chi connectivity index (χ2v) is 5.75. The fourth-order valence-corrected chi connectivity index (χ4v) is 3.20. The van der Waals surface area contributed by atoms with Gasteiger partial charge in [-0.25, -0.2) is 0 Å². The first kappa shape index (κ1) is 11.5. The van der Waals surface area contributed by atoms with Crippen molar-refractivity contribution in [1.29, 1.82) is 0 Å². The number of carbonyl (C=O) groups excluding carboxylic acids is 1. The van der Waals surface area contributed by atoms with Crippen molar-refractivity contribution in [2.24, 2.45) is 0 Å². The molecule has 0 aromatic heterocycles. The van der Waals surface area contributed by atoms with Crippen molar-refractivity contribution in [2.75, 3.05) is 4.43 Å². The maximum absolute atomic E-state index is 10.4. The van der Waals surface area contributed by atoms with Crippen LogP contribution in [0.25, 0.3) is 0 Å². The first-order chi connectivity index (χ1) is 6.68. The van der Waals surface area contributed by atoms with E-state index in [9.17, 15) is 9.90 Å². The summed E-state index contributed by atoms with van der Waals surface area (Å²) >= 11 is -0.231. The quantitative estimate of drug-likeness (QED) is 0.357. The van der Waals surface area contributed by atoms with Crippen molar-refractivity contribution in [3.05, 3.63) is 33.9 Å². The van der Waals surface area contributed by atoms with Crippen LogP contribution >= 0.6 is 0 Å². The monoisotopic (exact) mass is 308 g/mol. The van der Waals surface area contributed by atoms with Gasteiger partial charge < -0.3 is 0 Å². The van der Waals surface area contributed by atoms with Crippen LogP contribution in [0.15, 0.2) is 30.3 Å². The van der Waals surface area contributed by atoms with Gasteiger partial charge in [-0.2, -0.15) is 0 Å². The molecule has 0 saturated heterocycles. The summed E-state index contributed by atoms with van der Waals surface area (Å²) in [5.41, 5.74) is 0. The molecule has 0 amide bonds. The van der Waals surface area contributed by atoms with E-state index in [-0.39, 0.29) is 27.6 Å². The Morgan fingerprint density at radius 1 is 1.43 bits per heavy atom. The number of rotatable bonds is 5. The molecule has 0 heterocycles. The Balaban J connectivity index is 2.30. The third kappa shape index (κ3) is 4.57. The first-order valence-electron chi connectivity index (χ1n) is 4.25. The average Bonchev–Trinajstić information content (AvgIpc) is 2.15. The molecule has 3 N–H and O–H groups in total. The molecule has 1 atom stereocenters. The third-order valence-corrected chi connectivity index (χ3v) is 4.62. The van der Waals surface area contributed by atoms with E-state index in [1.807, 2.05) is 30.3 Å². The van der Waals surface area contributed by atoms with Crippen LogP contribution < -0.4 is 21.2 Å². The van der Waals surface area contributed by atoms with Gasteiger partial charge in [0, 0.05) is 0 Å². The summed E-state index contributed by atoms with van der Waals surface area (Å²) < 4.78 is 1.90. The molecule has 3 nitrogen and oxygen atoms in total. The van der Waals surface area contributed by atoms with E-state index >= 15 is 0 Å². The molecular weight excluding hydrogens is 295 g/mol. The SMILES string of the molecule is O=C([OH2+])CC(O)C[I-]c1ccccc1. The molecule has 14 heavy (non-hydrogen) atoms. The number of alkyl halides is 1. The summed E-state index contributed by atoms with van der Waals surface area (Å²) in [4.78, 5) is 10.4. The summed E-state index contributed by atoms with van der Waals surface area (Å²) in [5, 5.41) is 16.1. The van der Waals surface area contributed by atoms with Crippen molar-refractivity contribution in [3.63, 3.8) is 0 Å². The minimum atomic E-state index is -0.686. The van der Waals surface area contributed by atoms with Crippen LogP contribution in [0.3, 0.4) is 0 Å². The van der Waals surface area contributed by atoms with E-state index in [0.717, 1.165) is 0 Å². The van der Waals surface area contributed by atoms with Crippen LogP contribution in [-0.4, -0.2) is 26.7 Å². The molecule has 0 aliphatic carbocycles. The second-order valence-electron chi connectivity index (χ2n) is 2.86. The molecule has 0 aliphatic rings. The zero-order valence-corrected chi connectivity index (χ0v) is 9.77. The van der Waals surface area contributed by atoms with E-state index in [1.165, 1.54) is 3.57 Å². The number of hydrogen-bond donors (Lipinski definition) is 1. The summed E-state index contributed by atoms with van der Waals surface area (Å²) in [6.07, 6.45) is -0.667. The molecule has 0 aliphatic heterocycles. The summed E-state index contributed by atoms with van der Waals surface area (Å²) in [7, 11) is 0. The van der Waals surface area contributed by atoms with Crippen molar-refractivity contribution in [3.8, 4) is 0 Å². The third-order valence-electron chi connectivity index (χ3n) is 1.56. The topological polar surface area (TPSA) is 60.2 Å². The van der Waals surface area contributed by atoms with Crippen LogP contribution in [0.4, 0.5) is 0 Å². The van der Waals surface area contributed by atoms with Gasteiger partial charge in [0.25, 0.3) is 0 Å². The summed E-state index contributed by atoms with van der Waals surface area (Å²) in [6.45, 7) is 0. The number of aliphatic hydroxyl groups excluding tert-OH is 1. The van der Waals surface area contributed by atoms with E-state index in [4.69, 9.17) is 5.11 Å². The molecule has 4 heteroatoms. The molecule has 0 bridgehead atoms. The fraction of sp³-hybridized carbons (Fsp3) is 0.300. The molecule has 1 aromatic rings. The molecule has 1 aromatic carbocycles. The predicted molar refractivity (Wildman–Crippen MR) is 49.3 cm³/mol. The number of carbonyl (C=O) groups is 1. The number of hydrogen-bond acceptors (Lipinski definition) is 2. The van der Waals surface area contributed by atoms with Gasteiger partial charge in [-0.15, -0.1) is 0 Å². The van der Waals surface area contributed by atoms with Gasteiger partial charge in [0.1, 0.15) is 0 Å². The minimum absolute atomic E-state index is 0.0352. The summed E-state index contributed by atoms with van der Waals surface area (Å²) in [6, 6.07) is 9.95. The Labute approximate surface area is 93.0 Å². The summed E-state index contributed by atoms with van der Waals surface area (Å²) in [5.74, 6) is -0.686. The Bertz CT molecular complexity index is 287. The molecule has 0 radical (unpaired) electrons. The van der Waals surface area contributed by atoms with Gasteiger partial charge >= 0.3 is 93.0 Å². The van der Waals surface area contributed by atoms with Crippen LogP contribution in [0.2, 0.25) is 0 Å². The van der Waals surface area contributed by atoms with Gasteiger partial charge in [0.2, 0.25) is 0 Å². The number of aliphatic hydroxyl groups is 1. The molecule has 0 saturated carbocycles. The number of halogens is 1. The van der Waals surface area contributed by atoms with E-state index in [1.54, 1.807) is 0 Å². The van der Waals surface area contributed by atoms with Gasteiger partial charge in [0.15, 0.2) is 0 Å². The van der Waals surface area contributed by atoms with Gasteiger partial charge in [-0.05, 0) is 0 Å². The standard InChI is InChI=1S/C10H12IO3/c12-9(6-10(13)14)7-11-8-4-2-1-3-5-8/h1-5,9,12H,6-7H2,(H,13,14)/q-1/p+1. The first-order valence-corrected chi connectivity index (χ1v) is 6.85. The zero-order chi connectivity index (χ0) is 10.4. The molecule has 0 fully saturated rings. The molecule has 0 spiro atoms. The van der Waals surface area contributed by atoms with E-state index < -0.39 is 12.1 Å². The second kappa shape index (κ2) is 5.98. The molecule has 1 unspecified atom stereocenters. The zero-order valence-electron chi connectivity index (χ0n) is 7.61. The Hall–Kier alpha value is -0.620. The number of benzene rings is 1. The van der Waals surface area contributed by atoms with Crippen LogP contribution in [0.5, 0.6) is 0 Å². The molecule has 1 rings (SSSR count). The molecule has 78 valence electrons. The fourth-order valence-electron chi connectivity index (χ4n) is 0.950. The van der Waals surface area contributed by atoms with Crippen LogP contribution in [0, 0.1) is 3.57 Å². The van der Waals surface area contributed by atoms with Crippen molar-refractivity contribution in [2.45, 2.75) is 12.5 Å². The van der Waals surface area contributed by atoms with Gasteiger partial charge in [0.05, 0.1) is 0 Å². The Kier molecular flexibility index (Phi) is 4.89. The van der Waals surface area contributed by atoms with Crippen molar-refractivity contribution in [1.82, 2.24) is 0 Å². The van der Waals surface area contributed by atoms with Crippen molar-refractivity contribution < 1.29 is 36.2 Å². The Morgan fingerprint density at radius 2 is 2.07 bits per heavy atom. The van der Waals surface area contributed by atoms with Gasteiger partial charge in [-0.3, -0.25) is 0 Å². The van der Waals surface area contributed by atoms with Crippen LogP contribution in [-0.2, 0) is 4.79 Å². The normalized spacial score (nSPS) is 12.6. The van der Waals surface area contributed by atoms with E-state index in [2.05, 4.69) is 0 Å². The van der Waals surface area contributed by atoms with Crippen LogP contribution in [0.1, 0.15) is 6.42 Å². The van der Waals surface area contributed by atoms with E-state index in [0.29, 0.717) is 4.43 Å². The Morgan fingerprint density at radius 3 is 2.64 bits per heavy atom. The van der Waals surface area contributed by atoms with Crippen molar-refractivity contribution >= 4 is 5.97 Å². The van der Waals surface area contributed by atoms with Gasteiger partial charge in [-0.1, -0.05) is 0 Å². The predicted octanol–water partition coefficient (Wildman–Crippen LogP) is -3.05. The maximum atomic E-state index is 10.4. The average molecular weight is 308 g/mol.